The zero-order valence-corrected chi connectivity index (χ0v) is 19.9. The van der Waals surface area contributed by atoms with Crippen molar-refractivity contribution in [2.24, 2.45) is 0 Å². The average Bonchev–Trinajstić information content (AvgIpc) is 3.27. The monoisotopic (exact) mass is 482 g/mol. The molecule has 1 saturated heterocycles. The lowest BCUT2D eigenvalue weighted by molar-refractivity contribution is 0.0330. The zero-order chi connectivity index (χ0) is 21.8. The molecule has 1 fully saturated rings. The van der Waals surface area contributed by atoms with Crippen molar-refractivity contribution in [2.45, 2.75) is 23.7 Å². The van der Waals surface area contributed by atoms with E-state index < -0.39 is 0 Å². The van der Waals surface area contributed by atoms with Gasteiger partial charge >= 0.3 is 0 Å². The predicted octanol–water partition coefficient (Wildman–Crippen LogP) is 5.46. The molecule has 164 valence electrons. The van der Waals surface area contributed by atoms with Crippen molar-refractivity contribution in [1.29, 1.82) is 0 Å². The topological polar surface area (TPSA) is 51.1 Å². The summed E-state index contributed by atoms with van der Waals surface area (Å²) >= 11 is 9.43. The van der Waals surface area contributed by atoms with Crippen LogP contribution in [0.2, 0.25) is 5.02 Å². The zero-order valence-electron chi connectivity index (χ0n) is 17.5. The Morgan fingerprint density at radius 3 is 2.66 bits per heavy atom. The second kappa shape index (κ2) is 10.3. The number of nitrogens with zero attached hydrogens (tertiary/aromatic N) is 4. The minimum Gasteiger partial charge on any atom is -0.379 e. The number of thioether (sulfide) groups is 1. The molecule has 8 heteroatoms. The summed E-state index contributed by atoms with van der Waals surface area (Å²) in [7, 11) is 0. The van der Waals surface area contributed by atoms with Crippen molar-refractivity contribution >= 4 is 45.6 Å². The number of para-hydroxylation sites is 1. The van der Waals surface area contributed by atoms with Gasteiger partial charge in [-0.1, -0.05) is 53.7 Å². The second-order valence-electron chi connectivity index (χ2n) is 7.68. The average molecular weight is 483 g/mol. The minimum absolute atomic E-state index is 0.754. The SMILES string of the molecule is Clc1ccc(Cc2nc(CSc3nc(CN4CCOCC4)nc4ccccc34)cs2)cc1. The highest BCUT2D eigenvalue weighted by atomic mass is 35.5. The molecule has 5 nitrogen and oxygen atoms in total. The van der Waals surface area contributed by atoms with Crippen molar-refractivity contribution < 1.29 is 4.74 Å². The molecule has 1 aliphatic rings. The third kappa shape index (κ3) is 5.47. The van der Waals surface area contributed by atoms with E-state index in [2.05, 4.69) is 34.5 Å². The highest BCUT2D eigenvalue weighted by molar-refractivity contribution is 7.98. The van der Waals surface area contributed by atoms with Gasteiger partial charge in [-0.25, -0.2) is 15.0 Å². The van der Waals surface area contributed by atoms with Crippen molar-refractivity contribution in [3.8, 4) is 0 Å². The van der Waals surface area contributed by atoms with Crippen LogP contribution in [0.15, 0.2) is 58.9 Å². The van der Waals surface area contributed by atoms with Crippen molar-refractivity contribution in [3.63, 3.8) is 0 Å². The molecule has 0 saturated carbocycles. The van der Waals surface area contributed by atoms with Gasteiger partial charge in [0.15, 0.2) is 0 Å². The Hall–Kier alpha value is -2.03. The molecule has 5 rings (SSSR count). The quantitative estimate of drug-likeness (QED) is 0.258. The molecule has 0 amide bonds. The van der Waals surface area contributed by atoms with E-state index in [4.69, 9.17) is 31.3 Å². The van der Waals surface area contributed by atoms with E-state index in [-0.39, 0.29) is 0 Å². The predicted molar refractivity (Wildman–Crippen MR) is 132 cm³/mol. The molecule has 0 bridgehead atoms. The molecule has 1 aliphatic heterocycles. The summed E-state index contributed by atoms with van der Waals surface area (Å²) in [5.41, 5.74) is 3.30. The molecule has 3 heterocycles. The lowest BCUT2D eigenvalue weighted by atomic mass is 10.2. The maximum absolute atomic E-state index is 5.99. The van der Waals surface area contributed by atoms with E-state index in [0.29, 0.717) is 0 Å². The van der Waals surface area contributed by atoms with Crippen molar-refractivity contribution in [3.05, 3.63) is 81.0 Å². The molecule has 0 atom stereocenters. The highest BCUT2D eigenvalue weighted by Gasteiger charge is 2.15. The lowest BCUT2D eigenvalue weighted by Crippen LogP contribution is -2.36. The Balaban J connectivity index is 1.30. The number of hydrogen-bond acceptors (Lipinski definition) is 7. The van der Waals surface area contributed by atoms with Crippen LogP contribution in [0.4, 0.5) is 0 Å². The van der Waals surface area contributed by atoms with E-state index in [1.165, 1.54) is 5.56 Å². The Morgan fingerprint density at radius 1 is 1.00 bits per heavy atom. The van der Waals surface area contributed by atoms with Gasteiger partial charge in [-0.2, -0.15) is 0 Å². The van der Waals surface area contributed by atoms with Gasteiger partial charge in [0, 0.05) is 41.1 Å². The third-order valence-corrected chi connectivity index (χ3v) is 7.48. The lowest BCUT2D eigenvalue weighted by Gasteiger charge is -2.25. The number of rotatable bonds is 7. The fraction of sp³-hybridized carbons (Fsp3) is 0.292. The number of benzene rings is 2. The Labute approximate surface area is 200 Å². The molecule has 0 aliphatic carbocycles. The van der Waals surface area contributed by atoms with Crippen LogP contribution in [-0.4, -0.2) is 46.2 Å². The second-order valence-corrected chi connectivity index (χ2v) is 10.0. The fourth-order valence-electron chi connectivity index (χ4n) is 3.65. The van der Waals surface area contributed by atoms with Gasteiger partial charge in [-0.15, -0.1) is 11.3 Å². The van der Waals surface area contributed by atoms with Crippen LogP contribution in [0, 0.1) is 0 Å². The van der Waals surface area contributed by atoms with Gasteiger partial charge in [-0.05, 0) is 23.8 Å². The van der Waals surface area contributed by atoms with Gasteiger partial charge < -0.3 is 4.74 Å². The van der Waals surface area contributed by atoms with Crippen LogP contribution in [-0.2, 0) is 23.5 Å². The smallest absolute Gasteiger partial charge is 0.144 e. The first-order chi connectivity index (χ1) is 15.7. The first-order valence-corrected chi connectivity index (χ1v) is 12.8. The summed E-state index contributed by atoms with van der Waals surface area (Å²) in [6, 6.07) is 16.2. The standard InChI is InChI=1S/C24H23ClN4OS2/c25-18-7-5-17(6-8-18)13-23-26-19(15-31-23)16-32-24-20-3-1-2-4-21(20)27-22(28-24)14-29-9-11-30-12-10-29/h1-8,15H,9-14,16H2. The van der Waals surface area contributed by atoms with Gasteiger partial charge in [0.2, 0.25) is 0 Å². The maximum atomic E-state index is 5.99. The number of morpholine rings is 1. The Kier molecular flexibility index (Phi) is 7.00. The number of hydrogen-bond donors (Lipinski definition) is 0. The molecule has 0 unspecified atom stereocenters. The molecule has 2 aromatic heterocycles. The summed E-state index contributed by atoms with van der Waals surface area (Å²) in [6.07, 6.45) is 0.826. The van der Waals surface area contributed by atoms with Crippen LogP contribution in [0.25, 0.3) is 10.9 Å². The van der Waals surface area contributed by atoms with Crippen molar-refractivity contribution in [2.75, 3.05) is 26.3 Å². The van der Waals surface area contributed by atoms with Crippen LogP contribution in [0.1, 0.15) is 22.1 Å². The molecule has 0 N–H and O–H groups in total. The number of fused-ring (bicyclic) bond motifs is 1. The molecular weight excluding hydrogens is 460 g/mol. The Morgan fingerprint density at radius 2 is 1.81 bits per heavy atom. The van der Waals surface area contributed by atoms with Crippen LogP contribution in [0.3, 0.4) is 0 Å². The van der Waals surface area contributed by atoms with Crippen LogP contribution >= 0.6 is 34.7 Å². The van der Waals surface area contributed by atoms with E-state index in [1.807, 2.05) is 24.3 Å². The summed E-state index contributed by atoms with van der Waals surface area (Å²) in [6.45, 7) is 4.15. The molecule has 4 aromatic rings. The highest BCUT2D eigenvalue weighted by Crippen LogP contribution is 2.29. The minimum atomic E-state index is 0.754. The maximum Gasteiger partial charge on any atom is 0.144 e. The van der Waals surface area contributed by atoms with Gasteiger partial charge in [0.25, 0.3) is 0 Å². The number of halogens is 1. The summed E-state index contributed by atoms with van der Waals surface area (Å²) in [5, 5.41) is 6.14. The summed E-state index contributed by atoms with van der Waals surface area (Å²) in [5.74, 6) is 1.66. The number of aromatic nitrogens is 3. The normalized spacial score (nSPS) is 14.8. The van der Waals surface area contributed by atoms with E-state index in [1.54, 1.807) is 23.1 Å². The number of thiazole rings is 1. The molecule has 2 aromatic carbocycles. The molecule has 32 heavy (non-hydrogen) atoms. The number of ether oxygens (including phenoxy) is 1. The summed E-state index contributed by atoms with van der Waals surface area (Å²) in [4.78, 5) is 16.9. The van der Waals surface area contributed by atoms with Crippen LogP contribution < -0.4 is 0 Å². The first-order valence-electron chi connectivity index (χ1n) is 10.6. The van der Waals surface area contributed by atoms with E-state index in [0.717, 1.165) is 82.5 Å². The van der Waals surface area contributed by atoms with Gasteiger partial charge in [0.1, 0.15) is 10.9 Å². The third-order valence-electron chi connectivity index (χ3n) is 5.31. The summed E-state index contributed by atoms with van der Waals surface area (Å²) < 4.78 is 5.47. The van der Waals surface area contributed by atoms with E-state index >= 15 is 0 Å². The fourth-order valence-corrected chi connectivity index (χ4v) is 5.64. The first kappa shape index (κ1) is 21.8. The van der Waals surface area contributed by atoms with Crippen molar-refractivity contribution in [1.82, 2.24) is 19.9 Å². The van der Waals surface area contributed by atoms with Gasteiger partial charge in [0.05, 0.1) is 36.0 Å². The van der Waals surface area contributed by atoms with E-state index in [9.17, 15) is 0 Å². The van der Waals surface area contributed by atoms with Crippen LogP contribution in [0.5, 0.6) is 0 Å². The molecule has 0 radical (unpaired) electrons. The molecular formula is C24H23ClN4OS2. The van der Waals surface area contributed by atoms with Gasteiger partial charge in [-0.3, -0.25) is 4.90 Å². The largest absolute Gasteiger partial charge is 0.379 e. The molecule has 0 spiro atoms. The Bertz CT molecular complexity index is 1190.